The number of aliphatic hydroxyl groups is 1. The van der Waals surface area contributed by atoms with Crippen molar-refractivity contribution in [2.75, 3.05) is 0 Å². The summed E-state index contributed by atoms with van der Waals surface area (Å²) in [4.78, 5) is 17.3. The molecule has 0 bridgehead atoms. The van der Waals surface area contributed by atoms with Crippen LogP contribution in [0.25, 0.3) is 5.57 Å². The summed E-state index contributed by atoms with van der Waals surface area (Å²) in [6.45, 7) is 8.86. The van der Waals surface area contributed by atoms with E-state index in [1.54, 1.807) is 45.9 Å². The number of carbonyl (C=O) groups is 1. The lowest BCUT2D eigenvalue weighted by molar-refractivity contribution is -0.158. The first kappa shape index (κ1) is 20.6. The Morgan fingerprint density at radius 3 is 2.55 bits per heavy atom. The average Bonchev–Trinajstić information content (AvgIpc) is 2.66. The van der Waals surface area contributed by atoms with Gasteiger partial charge in [0.25, 0.3) is 0 Å². The number of nitrogens with zero attached hydrogens (tertiary/aromatic N) is 2. The number of aliphatic hydroxyl groups excluding tert-OH is 1. The zero-order valence-corrected chi connectivity index (χ0v) is 17.2. The molecule has 6 heteroatoms. The highest BCUT2D eigenvalue weighted by molar-refractivity contribution is 6.26. The van der Waals surface area contributed by atoms with Crippen LogP contribution in [-0.2, 0) is 16.0 Å². The van der Waals surface area contributed by atoms with Gasteiger partial charge in [0.15, 0.2) is 5.78 Å². The van der Waals surface area contributed by atoms with Crippen molar-refractivity contribution in [2.45, 2.75) is 52.2 Å². The molecule has 0 amide bonds. The molecule has 1 N–H and O–H groups in total. The van der Waals surface area contributed by atoms with Gasteiger partial charge in [-0.15, -0.1) is 0 Å². The summed E-state index contributed by atoms with van der Waals surface area (Å²) in [6.07, 6.45) is 2.17. The molecule has 6 nitrogen and oxygen atoms in total. The van der Waals surface area contributed by atoms with E-state index in [1.165, 1.54) is 12.3 Å². The van der Waals surface area contributed by atoms with E-state index in [2.05, 4.69) is 4.98 Å². The Kier molecular flexibility index (Phi) is 5.20. The predicted octanol–water partition coefficient (Wildman–Crippen LogP) is 4.73. The average molecular weight is 392 g/mol. The lowest BCUT2D eigenvalue weighted by Crippen LogP contribution is -2.49. The van der Waals surface area contributed by atoms with Crippen molar-refractivity contribution in [3.8, 4) is 17.7 Å². The number of hydrogen-bond acceptors (Lipinski definition) is 6. The van der Waals surface area contributed by atoms with Gasteiger partial charge in [0.05, 0.1) is 17.2 Å². The van der Waals surface area contributed by atoms with Gasteiger partial charge < -0.3 is 14.6 Å². The molecule has 0 saturated carbocycles. The second-order valence-electron chi connectivity index (χ2n) is 7.94. The Hall–Kier alpha value is -3.17. The van der Waals surface area contributed by atoms with Crippen molar-refractivity contribution in [3.63, 3.8) is 0 Å². The summed E-state index contributed by atoms with van der Waals surface area (Å²) in [7, 11) is 0. The molecule has 0 aliphatic carbocycles. The maximum absolute atomic E-state index is 13.1. The van der Waals surface area contributed by atoms with Crippen molar-refractivity contribution in [1.82, 2.24) is 4.98 Å². The summed E-state index contributed by atoms with van der Waals surface area (Å²) in [5, 5.41) is 19.9. The Morgan fingerprint density at radius 2 is 1.90 bits per heavy atom. The van der Waals surface area contributed by atoms with E-state index < -0.39 is 11.2 Å². The van der Waals surface area contributed by atoms with Crippen molar-refractivity contribution >= 4 is 11.4 Å². The third kappa shape index (κ3) is 3.87. The van der Waals surface area contributed by atoms with E-state index in [9.17, 15) is 9.90 Å². The van der Waals surface area contributed by atoms with Crippen LogP contribution >= 0.6 is 0 Å². The number of rotatable bonds is 4. The quantitative estimate of drug-likeness (QED) is 0.808. The van der Waals surface area contributed by atoms with Crippen molar-refractivity contribution in [2.24, 2.45) is 0 Å². The smallest absolute Gasteiger partial charge is 0.220 e. The number of carbonyl (C=O) groups excluding carboxylic acids is 1. The standard InChI is InChI=1S/C23H24N2O4/c1-6-15-7-8-16(28-18-11-14(13-24)9-10-25-18)12-17(15)19-20(26)22(2,3)29-23(4,5)21(19)27/h7-12,26H,6H2,1-5H3. The summed E-state index contributed by atoms with van der Waals surface area (Å²) in [6, 6.07) is 10.5. The first-order valence-corrected chi connectivity index (χ1v) is 9.45. The van der Waals surface area contributed by atoms with Gasteiger partial charge in [-0.3, -0.25) is 4.79 Å². The van der Waals surface area contributed by atoms with Gasteiger partial charge in [-0.05, 0) is 63.4 Å². The highest BCUT2D eigenvalue weighted by Crippen LogP contribution is 2.41. The number of hydrogen-bond donors (Lipinski definition) is 1. The number of aromatic nitrogens is 1. The molecule has 2 heterocycles. The molecule has 1 aliphatic rings. The lowest BCUT2D eigenvalue weighted by atomic mass is 9.81. The number of ketones is 1. The van der Waals surface area contributed by atoms with Gasteiger partial charge in [0.1, 0.15) is 22.7 Å². The molecule has 3 rings (SSSR count). The molecule has 150 valence electrons. The zero-order chi connectivity index (χ0) is 21.4. The minimum Gasteiger partial charge on any atom is -0.508 e. The molecule has 1 aliphatic heterocycles. The van der Waals surface area contributed by atoms with Gasteiger partial charge >= 0.3 is 0 Å². The molecule has 0 saturated heterocycles. The molecule has 0 radical (unpaired) electrons. The highest BCUT2D eigenvalue weighted by atomic mass is 16.5. The number of aryl methyl sites for hydroxylation is 1. The molecule has 0 unspecified atom stereocenters. The Morgan fingerprint density at radius 1 is 1.17 bits per heavy atom. The van der Waals surface area contributed by atoms with E-state index in [1.807, 2.05) is 19.1 Å². The highest BCUT2D eigenvalue weighted by Gasteiger charge is 2.47. The van der Waals surface area contributed by atoms with E-state index in [0.29, 0.717) is 23.3 Å². The molecule has 1 aromatic heterocycles. The fraction of sp³-hybridized carbons (Fsp3) is 0.348. The maximum atomic E-state index is 13.1. The fourth-order valence-electron chi connectivity index (χ4n) is 3.51. The summed E-state index contributed by atoms with van der Waals surface area (Å²) < 4.78 is 11.7. The summed E-state index contributed by atoms with van der Waals surface area (Å²) in [5.41, 5.74) is 0.108. The third-order valence-corrected chi connectivity index (χ3v) is 4.91. The maximum Gasteiger partial charge on any atom is 0.220 e. The van der Waals surface area contributed by atoms with Crippen LogP contribution in [0.5, 0.6) is 11.6 Å². The fourth-order valence-corrected chi connectivity index (χ4v) is 3.51. The molecular formula is C23H24N2O4. The number of benzene rings is 1. The number of Topliss-reactive ketones (excluding diaryl/α,β-unsaturated/α-hetero) is 1. The largest absolute Gasteiger partial charge is 0.508 e. The molecule has 2 aromatic rings. The normalized spacial score (nSPS) is 17.7. The van der Waals surface area contributed by atoms with Crippen molar-refractivity contribution in [3.05, 3.63) is 59.0 Å². The molecule has 0 atom stereocenters. The van der Waals surface area contributed by atoms with Crippen LogP contribution in [0.2, 0.25) is 0 Å². The van der Waals surface area contributed by atoms with E-state index in [0.717, 1.165) is 5.56 Å². The minimum atomic E-state index is -1.07. The van der Waals surface area contributed by atoms with Crippen LogP contribution in [0.4, 0.5) is 0 Å². The number of pyridine rings is 1. The lowest BCUT2D eigenvalue weighted by Gasteiger charge is -2.40. The summed E-state index contributed by atoms with van der Waals surface area (Å²) >= 11 is 0. The molecule has 0 spiro atoms. The van der Waals surface area contributed by atoms with Crippen molar-refractivity contribution < 1.29 is 19.4 Å². The van der Waals surface area contributed by atoms with Crippen LogP contribution in [0.15, 0.2) is 42.3 Å². The monoisotopic (exact) mass is 392 g/mol. The first-order chi connectivity index (χ1) is 13.6. The Bertz CT molecular complexity index is 1050. The molecule has 1 aromatic carbocycles. The van der Waals surface area contributed by atoms with E-state index >= 15 is 0 Å². The van der Waals surface area contributed by atoms with Crippen LogP contribution < -0.4 is 4.74 Å². The van der Waals surface area contributed by atoms with E-state index in [-0.39, 0.29) is 23.0 Å². The third-order valence-electron chi connectivity index (χ3n) is 4.91. The zero-order valence-electron chi connectivity index (χ0n) is 17.2. The number of ether oxygens (including phenoxy) is 2. The van der Waals surface area contributed by atoms with Gasteiger partial charge in [0.2, 0.25) is 5.88 Å². The first-order valence-electron chi connectivity index (χ1n) is 9.45. The number of nitriles is 1. The summed E-state index contributed by atoms with van der Waals surface area (Å²) in [5.74, 6) is 0.343. The minimum absolute atomic E-state index is 0.0988. The second-order valence-corrected chi connectivity index (χ2v) is 7.94. The van der Waals surface area contributed by atoms with Crippen LogP contribution in [0.1, 0.15) is 51.3 Å². The van der Waals surface area contributed by atoms with Crippen LogP contribution in [0.3, 0.4) is 0 Å². The van der Waals surface area contributed by atoms with Gasteiger partial charge in [-0.25, -0.2) is 4.98 Å². The SMILES string of the molecule is CCc1ccc(Oc2cc(C#N)ccn2)cc1C1=C(O)C(C)(C)OC(C)(C)C1=O. The van der Waals surface area contributed by atoms with Crippen LogP contribution in [-0.4, -0.2) is 27.1 Å². The van der Waals surface area contributed by atoms with Gasteiger partial charge in [-0.1, -0.05) is 13.0 Å². The second kappa shape index (κ2) is 7.34. The van der Waals surface area contributed by atoms with Gasteiger partial charge in [-0.2, -0.15) is 5.26 Å². The van der Waals surface area contributed by atoms with Gasteiger partial charge in [0, 0.05) is 12.3 Å². The molecule has 29 heavy (non-hydrogen) atoms. The topological polar surface area (TPSA) is 92.4 Å². The molecular weight excluding hydrogens is 368 g/mol. The van der Waals surface area contributed by atoms with Crippen molar-refractivity contribution in [1.29, 1.82) is 5.26 Å². The van der Waals surface area contributed by atoms with E-state index in [4.69, 9.17) is 14.7 Å². The Labute approximate surface area is 170 Å². The van der Waals surface area contributed by atoms with Crippen LogP contribution in [0, 0.1) is 11.3 Å². The molecule has 0 fully saturated rings. The Balaban J connectivity index is 2.12. The predicted molar refractivity (Wildman–Crippen MR) is 109 cm³/mol.